The highest BCUT2D eigenvalue weighted by atomic mass is 19.3. The summed E-state index contributed by atoms with van der Waals surface area (Å²) >= 11 is 0. The van der Waals surface area contributed by atoms with Gasteiger partial charge in [-0.05, 0) is 43.9 Å². The van der Waals surface area contributed by atoms with Gasteiger partial charge in [0.05, 0.1) is 23.4 Å². The third kappa shape index (κ3) is 3.42. The van der Waals surface area contributed by atoms with Crippen molar-refractivity contribution < 1.29 is 8.78 Å². The number of hydrogen-bond acceptors (Lipinski definition) is 7. The highest BCUT2D eigenvalue weighted by molar-refractivity contribution is 5.61. The molecule has 0 radical (unpaired) electrons. The molecule has 30 heavy (non-hydrogen) atoms. The molecule has 0 amide bonds. The Morgan fingerprint density at radius 2 is 2.00 bits per heavy atom. The van der Waals surface area contributed by atoms with E-state index in [2.05, 4.69) is 30.4 Å². The lowest BCUT2D eigenvalue weighted by atomic mass is 10.1. The van der Waals surface area contributed by atoms with Gasteiger partial charge in [0.15, 0.2) is 5.82 Å². The number of aromatic nitrogens is 7. The van der Waals surface area contributed by atoms with Gasteiger partial charge in [-0.15, -0.1) is 0 Å². The van der Waals surface area contributed by atoms with Crippen molar-refractivity contribution in [2.24, 2.45) is 5.92 Å². The monoisotopic (exact) mass is 411 g/mol. The molecule has 1 fully saturated rings. The van der Waals surface area contributed by atoms with Crippen LogP contribution in [0.3, 0.4) is 0 Å². The topological polar surface area (TPSA) is 112 Å². The number of pyridine rings is 1. The predicted octanol–water partition coefficient (Wildman–Crippen LogP) is 3.23. The van der Waals surface area contributed by atoms with Crippen molar-refractivity contribution in [2.75, 3.05) is 11.1 Å². The third-order valence-corrected chi connectivity index (χ3v) is 5.15. The van der Waals surface area contributed by atoms with Gasteiger partial charge in [-0.25, -0.2) is 9.67 Å². The summed E-state index contributed by atoms with van der Waals surface area (Å²) in [4.78, 5) is 17.2. The van der Waals surface area contributed by atoms with E-state index in [-0.39, 0.29) is 23.9 Å². The molecule has 4 aromatic heterocycles. The Morgan fingerprint density at radius 1 is 1.17 bits per heavy atom. The van der Waals surface area contributed by atoms with E-state index in [1.807, 2.05) is 29.7 Å². The standard InChI is InChI=1S/C19H19F2N9/c1-10-23-8-13-5-4-12(9-29(10)13)16-25-18(22)27-19(26-16)24-15(11-2-3-11)14-6-7-30(28-14)17(20)21/h4-9,11,15,17H,2-3H2,1H3,(H3,22,24,25,26,27)/t15-/m0/s1. The number of nitrogen functional groups attached to an aromatic ring is 1. The number of nitrogens with two attached hydrogens (primary N) is 1. The number of hydrogen-bond donors (Lipinski definition) is 2. The number of nitrogens with one attached hydrogen (secondary N) is 1. The molecule has 1 aliphatic carbocycles. The molecule has 1 atom stereocenters. The molecule has 4 heterocycles. The zero-order valence-electron chi connectivity index (χ0n) is 16.1. The van der Waals surface area contributed by atoms with Gasteiger partial charge >= 0.3 is 6.55 Å². The first-order valence-electron chi connectivity index (χ1n) is 9.53. The number of aryl methyl sites for hydroxylation is 1. The average Bonchev–Trinajstić information content (AvgIpc) is 3.32. The molecule has 154 valence electrons. The van der Waals surface area contributed by atoms with Crippen LogP contribution in [-0.2, 0) is 0 Å². The van der Waals surface area contributed by atoms with Gasteiger partial charge in [-0.2, -0.15) is 28.8 Å². The first-order valence-corrected chi connectivity index (χ1v) is 9.53. The maximum atomic E-state index is 12.9. The number of fused-ring (bicyclic) bond motifs is 1. The van der Waals surface area contributed by atoms with Crippen LogP contribution in [0, 0.1) is 12.8 Å². The summed E-state index contributed by atoms with van der Waals surface area (Å²) in [5, 5.41) is 7.22. The van der Waals surface area contributed by atoms with Crippen molar-refractivity contribution in [2.45, 2.75) is 32.4 Å². The molecule has 0 aromatic carbocycles. The van der Waals surface area contributed by atoms with E-state index in [0.717, 1.165) is 29.7 Å². The van der Waals surface area contributed by atoms with Crippen LogP contribution in [-0.4, -0.2) is 34.1 Å². The lowest BCUT2D eigenvalue weighted by Gasteiger charge is -2.16. The second-order valence-corrected chi connectivity index (χ2v) is 7.32. The number of imidazole rings is 1. The predicted molar refractivity (Wildman–Crippen MR) is 106 cm³/mol. The highest BCUT2D eigenvalue weighted by Gasteiger charge is 2.35. The van der Waals surface area contributed by atoms with Gasteiger partial charge in [0.1, 0.15) is 5.82 Å². The molecule has 3 N–H and O–H groups in total. The summed E-state index contributed by atoms with van der Waals surface area (Å²) in [6.07, 6.45) is 6.89. The summed E-state index contributed by atoms with van der Waals surface area (Å²) in [7, 11) is 0. The molecule has 0 unspecified atom stereocenters. The lowest BCUT2D eigenvalue weighted by molar-refractivity contribution is 0.0560. The Hall–Kier alpha value is -3.63. The molecular formula is C19H19F2N9. The highest BCUT2D eigenvalue weighted by Crippen LogP contribution is 2.42. The second-order valence-electron chi connectivity index (χ2n) is 7.32. The van der Waals surface area contributed by atoms with Gasteiger partial charge in [0.25, 0.3) is 0 Å². The van der Waals surface area contributed by atoms with Crippen LogP contribution in [0.4, 0.5) is 20.7 Å². The van der Waals surface area contributed by atoms with Gasteiger partial charge in [-0.1, -0.05) is 0 Å². The van der Waals surface area contributed by atoms with Crippen LogP contribution in [0.1, 0.15) is 37.0 Å². The van der Waals surface area contributed by atoms with Crippen molar-refractivity contribution in [3.63, 3.8) is 0 Å². The zero-order chi connectivity index (χ0) is 20.8. The van der Waals surface area contributed by atoms with Crippen LogP contribution >= 0.6 is 0 Å². The molecule has 0 saturated heterocycles. The minimum atomic E-state index is -2.68. The zero-order valence-corrected chi connectivity index (χ0v) is 16.1. The molecular weight excluding hydrogens is 392 g/mol. The quantitative estimate of drug-likeness (QED) is 0.501. The van der Waals surface area contributed by atoms with Gasteiger partial charge < -0.3 is 15.5 Å². The van der Waals surface area contributed by atoms with E-state index < -0.39 is 6.55 Å². The number of nitrogens with zero attached hydrogens (tertiary/aromatic N) is 7. The summed E-state index contributed by atoms with van der Waals surface area (Å²) < 4.78 is 28.4. The number of halogens is 2. The largest absolute Gasteiger partial charge is 0.368 e. The van der Waals surface area contributed by atoms with Crippen molar-refractivity contribution in [1.82, 2.24) is 34.1 Å². The molecule has 11 heteroatoms. The van der Waals surface area contributed by atoms with E-state index in [4.69, 9.17) is 5.73 Å². The Kier molecular flexibility index (Phi) is 4.30. The van der Waals surface area contributed by atoms with E-state index in [0.29, 0.717) is 16.2 Å². The fraction of sp³-hybridized carbons (Fsp3) is 0.316. The normalized spacial score (nSPS) is 15.1. The maximum absolute atomic E-state index is 12.9. The van der Waals surface area contributed by atoms with E-state index in [1.165, 1.54) is 6.20 Å². The number of rotatable bonds is 6. The van der Waals surface area contributed by atoms with Gasteiger partial charge in [-0.3, -0.25) is 0 Å². The molecule has 0 aliphatic heterocycles. The lowest BCUT2D eigenvalue weighted by Crippen LogP contribution is -2.17. The van der Waals surface area contributed by atoms with Crippen LogP contribution in [0.25, 0.3) is 16.9 Å². The van der Waals surface area contributed by atoms with Gasteiger partial charge in [0, 0.05) is 18.0 Å². The summed E-state index contributed by atoms with van der Waals surface area (Å²) in [6.45, 7) is -0.774. The van der Waals surface area contributed by atoms with Crippen LogP contribution in [0.2, 0.25) is 0 Å². The molecule has 0 bridgehead atoms. The van der Waals surface area contributed by atoms with Crippen molar-refractivity contribution in [1.29, 1.82) is 0 Å². The van der Waals surface area contributed by atoms with Crippen molar-refractivity contribution >= 4 is 17.4 Å². The number of anilines is 2. The Balaban J connectivity index is 1.47. The van der Waals surface area contributed by atoms with Crippen molar-refractivity contribution in [3.05, 3.63) is 48.3 Å². The number of alkyl halides is 2. The Morgan fingerprint density at radius 3 is 2.73 bits per heavy atom. The smallest absolute Gasteiger partial charge is 0.333 e. The fourth-order valence-corrected chi connectivity index (χ4v) is 3.47. The van der Waals surface area contributed by atoms with Crippen molar-refractivity contribution in [3.8, 4) is 11.4 Å². The Labute approximate surface area is 170 Å². The fourth-order valence-electron chi connectivity index (χ4n) is 3.47. The molecule has 0 spiro atoms. The minimum Gasteiger partial charge on any atom is -0.368 e. The molecule has 1 saturated carbocycles. The minimum absolute atomic E-state index is 0.0672. The van der Waals surface area contributed by atoms with Gasteiger partial charge in [0.2, 0.25) is 11.9 Å². The third-order valence-electron chi connectivity index (χ3n) is 5.15. The first kappa shape index (κ1) is 18.4. The first-order chi connectivity index (χ1) is 14.5. The maximum Gasteiger partial charge on any atom is 0.333 e. The van der Waals surface area contributed by atoms with Crippen LogP contribution in [0.5, 0.6) is 0 Å². The van der Waals surface area contributed by atoms with Crippen LogP contribution < -0.4 is 11.1 Å². The molecule has 1 aliphatic rings. The molecule has 4 aromatic rings. The molecule has 9 nitrogen and oxygen atoms in total. The van der Waals surface area contributed by atoms with E-state index in [9.17, 15) is 8.78 Å². The SMILES string of the molecule is Cc1ncc2ccc(-c3nc(N)nc(N[C@H](c4ccn(C(F)F)n4)C4CC4)n3)cn12. The molecule has 5 rings (SSSR count). The average molecular weight is 411 g/mol. The summed E-state index contributed by atoms with van der Waals surface area (Å²) in [6, 6.07) is 5.12. The van der Waals surface area contributed by atoms with E-state index in [1.54, 1.807) is 12.3 Å². The summed E-state index contributed by atoms with van der Waals surface area (Å²) in [5.74, 6) is 1.88. The Bertz CT molecular complexity index is 1210. The summed E-state index contributed by atoms with van der Waals surface area (Å²) in [5.41, 5.74) is 8.16. The second kappa shape index (κ2) is 7.01. The van der Waals surface area contributed by atoms with Crippen LogP contribution in [0.15, 0.2) is 36.8 Å². The van der Waals surface area contributed by atoms with E-state index >= 15 is 0 Å².